The van der Waals surface area contributed by atoms with Crippen LogP contribution in [0, 0.1) is 0 Å². The van der Waals surface area contributed by atoms with Crippen LogP contribution in [0.4, 0.5) is 0 Å². The maximum absolute atomic E-state index is 12.8. The van der Waals surface area contributed by atoms with Crippen molar-refractivity contribution in [3.8, 4) is 11.5 Å². The van der Waals surface area contributed by atoms with Gasteiger partial charge in [0.15, 0.2) is 0 Å². The molecule has 0 spiro atoms. The van der Waals surface area contributed by atoms with Crippen LogP contribution in [0.5, 0.6) is 11.5 Å². The third-order valence-electron chi connectivity index (χ3n) is 6.44. The van der Waals surface area contributed by atoms with Gasteiger partial charge < -0.3 is 19.3 Å². The fourth-order valence-electron chi connectivity index (χ4n) is 4.69. The number of ether oxygens (including phenoxy) is 3. The Balaban J connectivity index is 1.88. The van der Waals surface area contributed by atoms with Gasteiger partial charge in [-0.3, -0.25) is 4.90 Å². The number of benzene rings is 3. The molecule has 1 heterocycles. The standard InChI is InChI=1S/C28H32ClNO4/c1-3-34-24-14-10-22(11-15-24)28(31,25-6-4-5-7-27(25)32-2)26(20-30-16-18-33-19-17-30)21-8-12-23(29)13-9-21/h4-15,26,31H,3,16-20H2,1-2H3. The maximum Gasteiger partial charge on any atom is 0.126 e. The highest BCUT2D eigenvalue weighted by molar-refractivity contribution is 6.30. The molecular weight excluding hydrogens is 450 g/mol. The van der Waals surface area contributed by atoms with Gasteiger partial charge in [0.25, 0.3) is 0 Å². The van der Waals surface area contributed by atoms with Crippen molar-refractivity contribution >= 4 is 11.6 Å². The number of hydrogen-bond acceptors (Lipinski definition) is 5. The van der Waals surface area contributed by atoms with Crippen molar-refractivity contribution < 1.29 is 19.3 Å². The number of para-hydroxylation sites is 1. The molecule has 2 atom stereocenters. The molecular formula is C28H32ClNO4. The van der Waals surface area contributed by atoms with Crippen LogP contribution in [0.3, 0.4) is 0 Å². The summed E-state index contributed by atoms with van der Waals surface area (Å²) in [6.07, 6.45) is 0. The van der Waals surface area contributed by atoms with E-state index in [4.69, 9.17) is 25.8 Å². The van der Waals surface area contributed by atoms with Crippen LogP contribution >= 0.6 is 11.6 Å². The SMILES string of the molecule is CCOc1ccc(C(O)(c2ccccc2OC)C(CN2CCOCC2)c2ccc(Cl)cc2)cc1. The van der Waals surface area contributed by atoms with Gasteiger partial charge >= 0.3 is 0 Å². The Hall–Kier alpha value is -2.57. The summed E-state index contributed by atoms with van der Waals surface area (Å²) >= 11 is 6.23. The number of rotatable bonds is 9. The summed E-state index contributed by atoms with van der Waals surface area (Å²) in [4.78, 5) is 2.34. The van der Waals surface area contributed by atoms with Gasteiger partial charge in [0.2, 0.25) is 0 Å². The van der Waals surface area contributed by atoms with Crippen molar-refractivity contribution in [3.63, 3.8) is 0 Å². The lowest BCUT2D eigenvalue weighted by Crippen LogP contribution is -2.45. The van der Waals surface area contributed by atoms with Crippen LogP contribution < -0.4 is 9.47 Å². The molecule has 3 aromatic carbocycles. The van der Waals surface area contributed by atoms with E-state index < -0.39 is 5.60 Å². The quantitative estimate of drug-likeness (QED) is 0.461. The summed E-state index contributed by atoms with van der Waals surface area (Å²) in [5.74, 6) is 1.11. The molecule has 0 aliphatic carbocycles. The van der Waals surface area contributed by atoms with Gasteiger partial charge in [-0.1, -0.05) is 54.1 Å². The van der Waals surface area contributed by atoms with Crippen LogP contribution in [-0.2, 0) is 10.3 Å². The molecule has 1 aliphatic rings. The van der Waals surface area contributed by atoms with Crippen LogP contribution in [0.15, 0.2) is 72.8 Å². The van der Waals surface area contributed by atoms with Gasteiger partial charge in [-0.05, 0) is 48.4 Å². The molecule has 180 valence electrons. The summed E-state index contributed by atoms with van der Waals surface area (Å²) in [7, 11) is 1.64. The van der Waals surface area contributed by atoms with E-state index in [1.165, 1.54) is 0 Å². The second kappa shape index (κ2) is 11.2. The van der Waals surface area contributed by atoms with Crippen LogP contribution in [0.1, 0.15) is 29.5 Å². The van der Waals surface area contributed by atoms with Crippen LogP contribution in [0.25, 0.3) is 0 Å². The Morgan fingerprint density at radius 1 is 1.00 bits per heavy atom. The lowest BCUT2D eigenvalue weighted by atomic mass is 9.72. The lowest BCUT2D eigenvalue weighted by Gasteiger charge is -2.41. The average Bonchev–Trinajstić information content (AvgIpc) is 2.89. The summed E-state index contributed by atoms with van der Waals surface area (Å²) in [6.45, 7) is 6.18. The minimum Gasteiger partial charge on any atom is -0.496 e. The molecule has 2 unspecified atom stereocenters. The molecule has 1 N–H and O–H groups in total. The van der Waals surface area contributed by atoms with E-state index in [-0.39, 0.29) is 5.92 Å². The third-order valence-corrected chi connectivity index (χ3v) is 6.70. The monoisotopic (exact) mass is 481 g/mol. The second-order valence-corrected chi connectivity index (χ2v) is 8.88. The lowest BCUT2D eigenvalue weighted by molar-refractivity contribution is -0.000152. The topological polar surface area (TPSA) is 51.2 Å². The molecule has 1 saturated heterocycles. The summed E-state index contributed by atoms with van der Waals surface area (Å²) in [6, 6.07) is 23.2. The highest BCUT2D eigenvalue weighted by atomic mass is 35.5. The molecule has 0 radical (unpaired) electrons. The maximum atomic E-state index is 12.8. The molecule has 0 bridgehead atoms. The fourth-order valence-corrected chi connectivity index (χ4v) is 4.82. The normalized spacial score (nSPS) is 17.1. The van der Waals surface area contributed by atoms with Gasteiger partial charge in [0.1, 0.15) is 17.1 Å². The van der Waals surface area contributed by atoms with Gasteiger partial charge in [-0.15, -0.1) is 0 Å². The highest BCUT2D eigenvalue weighted by Crippen LogP contribution is 2.46. The van der Waals surface area contributed by atoms with E-state index in [9.17, 15) is 5.11 Å². The Bertz CT molecular complexity index is 1050. The highest BCUT2D eigenvalue weighted by Gasteiger charge is 2.44. The summed E-state index contributed by atoms with van der Waals surface area (Å²) in [5.41, 5.74) is 1.12. The van der Waals surface area contributed by atoms with Crippen molar-refractivity contribution in [3.05, 3.63) is 94.5 Å². The van der Waals surface area contributed by atoms with Gasteiger partial charge in [0.05, 0.1) is 26.9 Å². The fraction of sp³-hybridized carbons (Fsp3) is 0.357. The van der Waals surface area contributed by atoms with Crippen molar-refractivity contribution in [2.24, 2.45) is 0 Å². The van der Waals surface area contributed by atoms with Gasteiger partial charge in [0, 0.05) is 36.1 Å². The first-order valence-corrected chi connectivity index (χ1v) is 12.1. The Labute approximate surface area is 206 Å². The van der Waals surface area contributed by atoms with E-state index in [1.54, 1.807) is 7.11 Å². The number of nitrogens with zero attached hydrogens (tertiary/aromatic N) is 1. The number of aliphatic hydroxyl groups is 1. The van der Waals surface area contributed by atoms with E-state index in [0.29, 0.717) is 37.1 Å². The third kappa shape index (κ3) is 5.23. The summed E-state index contributed by atoms with van der Waals surface area (Å²) in [5, 5.41) is 13.5. The van der Waals surface area contributed by atoms with Crippen LogP contribution in [-0.4, -0.2) is 56.6 Å². The zero-order chi connectivity index (χ0) is 24.0. The predicted octanol–water partition coefficient (Wildman–Crippen LogP) is 5.10. The van der Waals surface area contributed by atoms with E-state index in [1.807, 2.05) is 79.7 Å². The molecule has 1 aliphatic heterocycles. The zero-order valence-corrected chi connectivity index (χ0v) is 20.5. The largest absolute Gasteiger partial charge is 0.496 e. The molecule has 1 fully saturated rings. The van der Waals surface area contributed by atoms with E-state index in [2.05, 4.69) is 4.90 Å². The van der Waals surface area contributed by atoms with E-state index in [0.717, 1.165) is 35.5 Å². The first kappa shape index (κ1) is 24.6. The summed E-state index contributed by atoms with van der Waals surface area (Å²) < 4.78 is 17.0. The number of methoxy groups -OCH3 is 1. The smallest absolute Gasteiger partial charge is 0.126 e. The molecule has 0 amide bonds. The zero-order valence-electron chi connectivity index (χ0n) is 19.7. The minimum atomic E-state index is -1.37. The van der Waals surface area contributed by atoms with Crippen molar-refractivity contribution in [2.45, 2.75) is 18.4 Å². The first-order valence-electron chi connectivity index (χ1n) is 11.7. The Morgan fingerprint density at radius 3 is 2.32 bits per heavy atom. The Kier molecular flexibility index (Phi) is 8.11. The molecule has 34 heavy (non-hydrogen) atoms. The second-order valence-electron chi connectivity index (χ2n) is 8.44. The predicted molar refractivity (Wildman–Crippen MR) is 135 cm³/mol. The average molecular weight is 482 g/mol. The van der Waals surface area contributed by atoms with E-state index >= 15 is 0 Å². The van der Waals surface area contributed by atoms with Crippen molar-refractivity contribution in [1.82, 2.24) is 4.90 Å². The molecule has 3 aromatic rings. The number of morpholine rings is 1. The number of halogens is 1. The molecule has 0 aromatic heterocycles. The first-order chi connectivity index (χ1) is 16.6. The molecule has 0 saturated carbocycles. The van der Waals surface area contributed by atoms with Crippen LogP contribution in [0.2, 0.25) is 5.02 Å². The number of hydrogen-bond donors (Lipinski definition) is 1. The minimum absolute atomic E-state index is 0.294. The molecule has 6 heteroatoms. The molecule has 5 nitrogen and oxygen atoms in total. The molecule has 4 rings (SSSR count). The van der Waals surface area contributed by atoms with Gasteiger partial charge in [-0.2, -0.15) is 0 Å². The van der Waals surface area contributed by atoms with Crippen molar-refractivity contribution in [1.29, 1.82) is 0 Å². The van der Waals surface area contributed by atoms with Gasteiger partial charge in [-0.25, -0.2) is 0 Å². The van der Waals surface area contributed by atoms with Crippen molar-refractivity contribution in [2.75, 3.05) is 46.6 Å². The Morgan fingerprint density at radius 2 is 1.68 bits per heavy atom.